The Balaban J connectivity index is 1.74. The Hall–Kier alpha value is -1.24. The largest absolute Gasteiger partial charge is 0.300 e. The molecule has 3 rings (SSSR count). The van der Waals surface area contributed by atoms with E-state index in [0.29, 0.717) is 12.6 Å². The topological polar surface area (TPSA) is 26.0 Å². The van der Waals surface area contributed by atoms with Crippen LogP contribution in [0, 0.1) is 4.77 Å². The summed E-state index contributed by atoms with van der Waals surface area (Å²) in [4.78, 5) is 2.22. The molecule has 1 saturated carbocycles. The van der Waals surface area contributed by atoms with E-state index >= 15 is 0 Å². The second-order valence-electron chi connectivity index (χ2n) is 6.10. The van der Waals surface area contributed by atoms with Crippen LogP contribution in [-0.4, -0.2) is 26.3 Å². The maximum Gasteiger partial charge on any atom is 0.199 e. The lowest BCUT2D eigenvalue weighted by Gasteiger charge is -2.16. The summed E-state index contributed by atoms with van der Waals surface area (Å²) in [5.41, 5.74) is 1.27. The minimum atomic E-state index is 0.578. The van der Waals surface area contributed by atoms with Gasteiger partial charge in [-0.15, -0.1) is 6.58 Å². The molecule has 0 amide bonds. The molecule has 1 aromatic carbocycles. The molecule has 122 valence electrons. The zero-order chi connectivity index (χ0) is 16.4. The minimum Gasteiger partial charge on any atom is -0.300 e. The fourth-order valence-electron chi connectivity index (χ4n) is 2.67. The Morgan fingerprint density at radius 3 is 2.70 bits per heavy atom. The summed E-state index contributed by atoms with van der Waals surface area (Å²) in [6.45, 7) is 6.13. The number of allylic oxidation sites excluding steroid dienone is 1. The molecule has 1 aromatic heterocycles. The van der Waals surface area contributed by atoms with E-state index in [2.05, 4.69) is 63.3 Å². The van der Waals surface area contributed by atoms with Crippen LogP contribution < -0.4 is 0 Å². The van der Waals surface area contributed by atoms with Crippen LogP contribution in [0.1, 0.15) is 30.1 Å². The summed E-state index contributed by atoms with van der Waals surface area (Å²) in [6.07, 6.45) is 4.33. The molecule has 0 atom stereocenters. The van der Waals surface area contributed by atoms with Crippen LogP contribution >= 0.6 is 28.1 Å². The quantitative estimate of drug-likeness (QED) is 0.517. The number of benzene rings is 1. The number of hydrogen-bond donors (Lipinski definition) is 0. The van der Waals surface area contributed by atoms with E-state index in [9.17, 15) is 0 Å². The standard InChI is InChI=1S/C17H21BrN4S/c1-3-10-21-16(14-6-7-14)19-22(17(21)23)12-20(2)11-13-4-8-15(18)9-5-13/h3-5,8-9,14H,1,6-7,10-12H2,2H3. The van der Waals surface area contributed by atoms with Crippen molar-refractivity contribution in [2.45, 2.75) is 38.5 Å². The molecule has 0 N–H and O–H groups in total. The van der Waals surface area contributed by atoms with Crippen LogP contribution in [0.2, 0.25) is 0 Å². The lowest BCUT2D eigenvalue weighted by Crippen LogP contribution is -2.22. The predicted molar refractivity (Wildman–Crippen MR) is 98.8 cm³/mol. The summed E-state index contributed by atoms with van der Waals surface area (Å²) < 4.78 is 5.94. The van der Waals surface area contributed by atoms with E-state index < -0.39 is 0 Å². The molecular formula is C17H21BrN4S. The van der Waals surface area contributed by atoms with Crippen molar-refractivity contribution in [2.75, 3.05) is 7.05 Å². The third kappa shape index (κ3) is 4.00. The summed E-state index contributed by atoms with van der Waals surface area (Å²) >= 11 is 9.08. The van der Waals surface area contributed by atoms with Gasteiger partial charge in [0.15, 0.2) is 4.77 Å². The Morgan fingerprint density at radius 2 is 2.09 bits per heavy atom. The molecule has 0 bridgehead atoms. The Morgan fingerprint density at radius 1 is 1.39 bits per heavy atom. The zero-order valence-corrected chi connectivity index (χ0v) is 15.7. The average Bonchev–Trinajstić information content (AvgIpc) is 3.32. The molecule has 0 aliphatic heterocycles. The van der Waals surface area contributed by atoms with E-state index in [1.54, 1.807) is 0 Å². The van der Waals surface area contributed by atoms with Gasteiger partial charge >= 0.3 is 0 Å². The second kappa shape index (κ2) is 7.11. The van der Waals surface area contributed by atoms with Gasteiger partial charge in [-0.2, -0.15) is 5.10 Å². The van der Waals surface area contributed by atoms with Crippen LogP contribution in [-0.2, 0) is 19.8 Å². The first-order valence-corrected chi connectivity index (χ1v) is 9.00. The van der Waals surface area contributed by atoms with Gasteiger partial charge in [0, 0.05) is 23.5 Å². The maximum absolute atomic E-state index is 5.61. The van der Waals surface area contributed by atoms with E-state index in [0.717, 1.165) is 28.2 Å². The summed E-state index contributed by atoms with van der Waals surface area (Å²) in [5, 5.41) is 4.76. The Bertz CT molecular complexity index is 743. The molecule has 2 aromatic rings. The first-order valence-electron chi connectivity index (χ1n) is 7.80. The second-order valence-corrected chi connectivity index (χ2v) is 7.38. The molecule has 0 spiro atoms. The summed E-state index contributed by atoms with van der Waals surface area (Å²) in [6, 6.07) is 8.40. The molecule has 6 heteroatoms. The molecule has 0 unspecified atom stereocenters. The van der Waals surface area contributed by atoms with Gasteiger partial charge in [-0.1, -0.05) is 34.1 Å². The fourth-order valence-corrected chi connectivity index (χ4v) is 3.21. The molecule has 1 fully saturated rings. The van der Waals surface area contributed by atoms with Crippen LogP contribution in [0.15, 0.2) is 41.4 Å². The highest BCUT2D eigenvalue weighted by Crippen LogP contribution is 2.39. The van der Waals surface area contributed by atoms with Crippen molar-refractivity contribution in [1.29, 1.82) is 0 Å². The monoisotopic (exact) mass is 392 g/mol. The van der Waals surface area contributed by atoms with Crippen molar-refractivity contribution in [3.63, 3.8) is 0 Å². The average molecular weight is 393 g/mol. The molecule has 1 aliphatic carbocycles. The number of hydrogen-bond acceptors (Lipinski definition) is 3. The van der Waals surface area contributed by atoms with Gasteiger partial charge in [-0.05, 0) is 49.8 Å². The molecular weight excluding hydrogens is 372 g/mol. The highest BCUT2D eigenvalue weighted by atomic mass is 79.9. The lowest BCUT2D eigenvalue weighted by molar-refractivity contribution is 0.243. The third-order valence-electron chi connectivity index (χ3n) is 3.95. The lowest BCUT2D eigenvalue weighted by atomic mass is 10.2. The minimum absolute atomic E-state index is 0.578. The number of nitrogens with zero attached hydrogens (tertiary/aromatic N) is 4. The molecule has 0 saturated heterocycles. The van der Waals surface area contributed by atoms with Gasteiger partial charge in [0.05, 0.1) is 6.67 Å². The van der Waals surface area contributed by atoms with Crippen LogP contribution in [0.3, 0.4) is 0 Å². The third-order valence-corrected chi connectivity index (χ3v) is 4.91. The molecule has 0 radical (unpaired) electrons. The van der Waals surface area contributed by atoms with E-state index in [-0.39, 0.29) is 0 Å². The Labute approximate surface area is 150 Å². The molecule has 23 heavy (non-hydrogen) atoms. The van der Waals surface area contributed by atoms with Crippen LogP contribution in [0.4, 0.5) is 0 Å². The van der Waals surface area contributed by atoms with Crippen LogP contribution in [0.5, 0.6) is 0 Å². The molecule has 1 aliphatic rings. The molecule has 4 nitrogen and oxygen atoms in total. The highest BCUT2D eigenvalue weighted by molar-refractivity contribution is 9.10. The van der Waals surface area contributed by atoms with Gasteiger partial charge in [0.25, 0.3) is 0 Å². The fraction of sp³-hybridized carbons (Fsp3) is 0.412. The van der Waals surface area contributed by atoms with Gasteiger partial charge in [-0.3, -0.25) is 9.47 Å². The summed E-state index contributed by atoms with van der Waals surface area (Å²) in [7, 11) is 2.09. The zero-order valence-electron chi connectivity index (χ0n) is 13.3. The Kier molecular flexibility index (Phi) is 5.14. The number of halogens is 1. The van der Waals surface area contributed by atoms with Crippen molar-refractivity contribution >= 4 is 28.1 Å². The van der Waals surface area contributed by atoms with Crippen molar-refractivity contribution in [2.24, 2.45) is 0 Å². The highest BCUT2D eigenvalue weighted by Gasteiger charge is 2.29. The number of rotatable bonds is 7. The van der Waals surface area contributed by atoms with Gasteiger partial charge in [0.2, 0.25) is 0 Å². The predicted octanol–water partition coefficient (Wildman–Crippen LogP) is 4.33. The molecule has 1 heterocycles. The van der Waals surface area contributed by atoms with Gasteiger partial charge in [0.1, 0.15) is 5.82 Å². The van der Waals surface area contributed by atoms with Crippen molar-refractivity contribution in [1.82, 2.24) is 19.2 Å². The maximum atomic E-state index is 5.61. The normalized spacial score (nSPS) is 14.4. The van der Waals surface area contributed by atoms with Crippen molar-refractivity contribution < 1.29 is 0 Å². The summed E-state index contributed by atoms with van der Waals surface area (Å²) in [5.74, 6) is 1.70. The van der Waals surface area contributed by atoms with Crippen molar-refractivity contribution in [3.05, 3.63) is 57.6 Å². The first-order chi connectivity index (χ1) is 11.1. The van der Waals surface area contributed by atoms with Crippen LogP contribution in [0.25, 0.3) is 0 Å². The van der Waals surface area contributed by atoms with Crippen molar-refractivity contribution in [3.8, 4) is 0 Å². The number of aromatic nitrogens is 3. The van der Waals surface area contributed by atoms with E-state index in [4.69, 9.17) is 17.3 Å². The first kappa shape index (κ1) is 16.6. The van der Waals surface area contributed by atoms with E-state index in [1.807, 2.05) is 10.8 Å². The van der Waals surface area contributed by atoms with E-state index in [1.165, 1.54) is 18.4 Å². The van der Waals surface area contributed by atoms with Gasteiger partial charge < -0.3 is 0 Å². The van der Waals surface area contributed by atoms with Gasteiger partial charge in [-0.25, -0.2) is 4.68 Å². The SMILES string of the molecule is C=CCn1c(C2CC2)nn(CN(C)Cc2ccc(Br)cc2)c1=S. The smallest absolute Gasteiger partial charge is 0.199 e.